The number of nitrogens with two attached hydrogens (primary N) is 2. The number of aromatic hydroxyl groups is 1. The van der Waals surface area contributed by atoms with Crippen LogP contribution in [0.2, 0.25) is 0 Å². The first-order chi connectivity index (χ1) is 15.4. The molecule has 36 heavy (non-hydrogen) atoms. The summed E-state index contributed by atoms with van der Waals surface area (Å²) in [7, 11) is 0. The molecular formula is C23H32Cl4FN7O. The van der Waals surface area contributed by atoms with E-state index in [2.05, 4.69) is 31.8 Å². The van der Waals surface area contributed by atoms with Gasteiger partial charge in [-0.2, -0.15) is 0 Å². The highest BCUT2D eigenvalue weighted by molar-refractivity contribution is 5.86. The maximum absolute atomic E-state index is 14.5. The zero-order valence-corrected chi connectivity index (χ0v) is 23.2. The third kappa shape index (κ3) is 6.98. The van der Waals surface area contributed by atoms with E-state index in [0.29, 0.717) is 11.4 Å². The molecule has 200 valence electrons. The summed E-state index contributed by atoms with van der Waals surface area (Å²) in [5.41, 5.74) is 14.6. The number of piperidine rings is 1. The van der Waals surface area contributed by atoms with E-state index in [1.54, 1.807) is 0 Å². The molecule has 1 saturated heterocycles. The largest absolute Gasteiger partial charge is 0.506 e. The second kappa shape index (κ2) is 14.5. The number of rotatable bonds is 5. The molecule has 0 bridgehead atoms. The lowest BCUT2D eigenvalue weighted by Crippen LogP contribution is -2.34. The number of nitrogens with zero attached hydrogens (tertiary/aromatic N) is 5. The molecule has 13 heteroatoms. The van der Waals surface area contributed by atoms with Gasteiger partial charge in [0.15, 0.2) is 11.6 Å². The standard InChI is InChI=1S/C23H28FN7O.4ClH/c1-3-10-31-11-7-14(8-12-31)19-13(2)20(30-23(26)29-19)21-17(32)5-4-16(28-21)15-6-9-27-22(25)18(15)24;;;;/h4-6,9,14,32H,3,7-8,10-12H2,1-2H3,(H2,25,27)(H2,26,29,30);4*1H. The number of hydrogen-bond donors (Lipinski definition) is 3. The second-order valence-electron chi connectivity index (χ2n) is 8.18. The maximum atomic E-state index is 14.5. The molecule has 4 rings (SSSR count). The molecule has 0 atom stereocenters. The molecule has 0 aromatic carbocycles. The van der Waals surface area contributed by atoms with Crippen molar-refractivity contribution in [2.45, 2.75) is 39.0 Å². The first-order valence-corrected chi connectivity index (χ1v) is 10.9. The summed E-state index contributed by atoms with van der Waals surface area (Å²) in [6.45, 7) is 7.23. The van der Waals surface area contributed by atoms with E-state index in [1.165, 1.54) is 24.4 Å². The van der Waals surface area contributed by atoms with Crippen LogP contribution in [-0.4, -0.2) is 49.6 Å². The van der Waals surface area contributed by atoms with Crippen LogP contribution in [0, 0.1) is 12.7 Å². The zero-order valence-electron chi connectivity index (χ0n) is 20.0. The fourth-order valence-corrected chi connectivity index (χ4v) is 4.36. The fourth-order valence-electron chi connectivity index (χ4n) is 4.36. The molecule has 8 nitrogen and oxygen atoms in total. The van der Waals surface area contributed by atoms with Gasteiger partial charge in [0.1, 0.15) is 17.1 Å². The Hall–Kier alpha value is -2.17. The van der Waals surface area contributed by atoms with E-state index < -0.39 is 5.82 Å². The van der Waals surface area contributed by atoms with Crippen molar-refractivity contribution >= 4 is 61.4 Å². The summed E-state index contributed by atoms with van der Waals surface area (Å²) in [5, 5.41) is 10.6. The summed E-state index contributed by atoms with van der Waals surface area (Å²) < 4.78 is 14.5. The van der Waals surface area contributed by atoms with Crippen molar-refractivity contribution in [2.75, 3.05) is 31.1 Å². The molecule has 0 radical (unpaired) electrons. The Morgan fingerprint density at radius 3 is 2.31 bits per heavy atom. The van der Waals surface area contributed by atoms with Gasteiger partial charge in [0.05, 0.1) is 11.4 Å². The Bertz CT molecular complexity index is 1150. The van der Waals surface area contributed by atoms with Gasteiger partial charge in [0.2, 0.25) is 5.95 Å². The highest BCUT2D eigenvalue weighted by atomic mass is 35.5. The van der Waals surface area contributed by atoms with Gasteiger partial charge in [-0.3, -0.25) is 0 Å². The highest BCUT2D eigenvalue weighted by Crippen LogP contribution is 2.37. The van der Waals surface area contributed by atoms with E-state index in [9.17, 15) is 9.50 Å². The molecule has 1 fully saturated rings. The molecule has 3 aromatic rings. The van der Waals surface area contributed by atoms with Crippen LogP contribution in [0.1, 0.15) is 43.4 Å². The number of hydrogen-bond acceptors (Lipinski definition) is 8. The SMILES string of the molecule is CCCN1CCC(c2nc(N)nc(-c3nc(-c4ccnc(N)c4F)ccc3O)c2C)CC1.Cl.Cl.Cl.Cl. The van der Waals surface area contributed by atoms with Crippen LogP contribution in [-0.2, 0) is 0 Å². The Morgan fingerprint density at radius 1 is 1.00 bits per heavy atom. The van der Waals surface area contributed by atoms with Gasteiger partial charge in [-0.25, -0.2) is 24.3 Å². The third-order valence-corrected chi connectivity index (χ3v) is 6.01. The van der Waals surface area contributed by atoms with Crippen molar-refractivity contribution in [2.24, 2.45) is 0 Å². The number of aromatic nitrogens is 4. The van der Waals surface area contributed by atoms with Crippen LogP contribution in [0.5, 0.6) is 5.75 Å². The molecule has 0 unspecified atom stereocenters. The molecule has 5 N–H and O–H groups in total. The fraction of sp³-hybridized carbons (Fsp3) is 0.391. The van der Waals surface area contributed by atoms with E-state index in [4.69, 9.17) is 11.5 Å². The van der Waals surface area contributed by atoms with Crippen LogP contribution in [0.3, 0.4) is 0 Å². The third-order valence-electron chi connectivity index (χ3n) is 6.01. The lowest BCUT2D eigenvalue weighted by molar-refractivity contribution is 0.211. The van der Waals surface area contributed by atoms with Gasteiger partial charge in [-0.1, -0.05) is 6.92 Å². The predicted molar refractivity (Wildman–Crippen MR) is 151 cm³/mol. The van der Waals surface area contributed by atoms with Crippen molar-refractivity contribution in [1.82, 2.24) is 24.8 Å². The Morgan fingerprint density at radius 2 is 1.67 bits per heavy atom. The van der Waals surface area contributed by atoms with E-state index >= 15 is 0 Å². The Labute approximate surface area is 235 Å². The average molecular weight is 583 g/mol. The van der Waals surface area contributed by atoms with Gasteiger partial charge < -0.3 is 21.5 Å². The number of pyridine rings is 2. The molecule has 1 aliphatic rings. The van der Waals surface area contributed by atoms with E-state index in [0.717, 1.165) is 50.2 Å². The van der Waals surface area contributed by atoms with Crippen LogP contribution in [0.25, 0.3) is 22.6 Å². The molecule has 4 heterocycles. The Balaban J connectivity index is 0.00000306. The normalized spacial score (nSPS) is 13.5. The monoisotopic (exact) mass is 581 g/mol. The molecule has 3 aromatic heterocycles. The van der Waals surface area contributed by atoms with Crippen LogP contribution >= 0.6 is 49.6 Å². The zero-order chi connectivity index (χ0) is 22.8. The van der Waals surface area contributed by atoms with Crippen molar-refractivity contribution in [1.29, 1.82) is 0 Å². The summed E-state index contributed by atoms with van der Waals surface area (Å²) >= 11 is 0. The van der Waals surface area contributed by atoms with Crippen LogP contribution in [0.15, 0.2) is 24.4 Å². The first kappa shape index (κ1) is 33.8. The molecule has 0 aliphatic carbocycles. The molecule has 0 spiro atoms. The molecule has 0 amide bonds. The lowest BCUT2D eigenvalue weighted by Gasteiger charge is -2.32. The lowest BCUT2D eigenvalue weighted by atomic mass is 9.89. The quantitative estimate of drug-likeness (QED) is 0.375. The molecule has 1 aliphatic heterocycles. The van der Waals surface area contributed by atoms with Crippen molar-refractivity contribution in [3.05, 3.63) is 41.5 Å². The minimum Gasteiger partial charge on any atom is -0.506 e. The molecular weight excluding hydrogens is 551 g/mol. The smallest absolute Gasteiger partial charge is 0.220 e. The average Bonchev–Trinajstić information content (AvgIpc) is 2.78. The number of nitrogen functional groups attached to an aromatic ring is 2. The number of halogens is 5. The van der Waals surface area contributed by atoms with Gasteiger partial charge in [0, 0.05) is 17.7 Å². The highest BCUT2D eigenvalue weighted by Gasteiger charge is 2.26. The maximum Gasteiger partial charge on any atom is 0.220 e. The number of likely N-dealkylation sites (tertiary alicyclic amines) is 1. The van der Waals surface area contributed by atoms with Gasteiger partial charge >= 0.3 is 0 Å². The van der Waals surface area contributed by atoms with Gasteiger partial charge in [-0.05, 0) is 69.6 Å². The van der Waals surface area contributed by atoms with Gasteiger partial charge in [-0.15, -0.1) is 49.6 Å². The summed E-state index contributed by atoms with van der Waals surface area (Å²) in [4.78, 5) is 19.7. The summed E-state index contributed by atoms with van der Waals surface area (Å²) in [6, 6.07) is 4.49. The predicted octanol–water partition coefficient (Wildman–Crippen LogP) is 5.19. The van der Waals surface area contributed by atoms with Crippen molar-refractivity contribution in [3.63, 3.8) is 0 Å². The summed E-state index contributed by atoms with van der Waals surface area (Å²) in [5.74, 6) is -0.549. The van der Waals surface area contributed by atoms with E-state index in [1.807, 2.05) is 6.92 Å². The van der Waals surface area contributed by atoms with E-state index in [-0.39, 0.29) is 84.3 Å². The topological polar surface area (TPSA) is 127 Å². The van der Waals surface area contributed by atoms with Crippen molar-refractivity contribution in [3.8, 4) is 28.4 Å². The minimum atomic E-state index is -0.657. The summed E-state index contributed by atoms with van der Waals surface area (Å²) in [6.07, 6.45) is 4.52. The number of anilines is 2. The van der Waals surface area contributed by atoms with Crippen LogP contribution in [0.4, 0.5) is 16.2 Å². The van der Waals surface area contributed by atoms with Crippen molar-refractivity contribution < 1.29 is 9.50 Å². The van der Waals surface area contributed by atoms with Crippen LogP contribution < -0.4 is 11.5 Å². The van der Waals surface area contributed by atoms with Gasteiger partial charge in [0.25, 0.3) is 0 Å². The minimum absolute atomic E-state index is 0. The second-order valence-corrected chi connectivity index (χ2v) is 8.18. The Kier molecular flexibility index (Phi) is 13.7. The molecule has 0 saturated carbocycles. The first-order valence-electron chi connectivity index (χ1n) is 10.9.